The summed E-state index contributed by atoms with van der Waals surface area (Å²) in [4.78, 5) is 22.8. The molecule has 2 N–H and O–H groups in total. The predicted octanol–water partition coefficient (Wildman–Crippen LogP) is -0.0653. The first-order valence-corrected chi connectivity index (χ1v) is 7.82. The third kappa shape index (κ3) is 2.50. The van der Waals surface area contributed by atoms with E-state index in [0.717, 1.165) is 6.42 Å². The van der Waals surface area contributed by atoms with Crippen LogP contribution in [-0.2, 0) is 19.4 Å². The number of amides is 1. The van der Waals surface area contributed by atoms with Crippen LogP contribution in [0.4, 0.5) is 0 Å². The number of hydrogen-bond donors (Lipinski definition) is 2. The highest BCUT2D eigenvalue weighted by Gasteiger charge is 2.50. The van der Waals surface area contributed by atoms with E-state index in [2.05, 4.69) is 5.32 Å². The van der Waals surface area contributed by atoms with Crippen LogP contribution in [0.2, 0.25) is 0 Å². The monoisotopic (exact) mass is 275 g/mol. The number of sulfone groups is 1. The van der Waals surface area contributed by atoms with E-state index in [-0.39, 0.29) is 12.3 Å². The maximum atomic E-state index is 11.8. The molecule has 1 heterocycles. The molecule has 1 atom stereocenters. The van der Waals surface area contributed by atoms with Crippen LogP contribution in [0.1, 0.15) is 32.1 Å². The van der Waals surface area contributed by atoms with Gasteiger partial charge in [0.1, 0.15) is 5.25 Å². The largest absolute Gasteiger partial charge is 0.481 e. The Bertz CT molecular complexity index is 466. The van der Waals surface area contributed by atoms with Crippen LogP contribution >= 0.6 is 0 Å². The Balaban J connectivity index is 1.94. The molecule has 0 radical (unpaired) electrons. The van der Waals surface area contributed by atoms with Crippen LogP contribution in [0.3, 0.4) is 0 Å². The molecule has 0 bridgehead atoms. The minimum Gasteiger partial charge on any atom is -0.481 e. The van der Waals surface area contributed by atoms with Gasteiger partial charge in [0.05, 0.1) is 11.2 Å². The van der Waals surface area contributed by atoms with Crippen molar-refractivity contribution in [2.75, 3.05) is 12.3 Å². The third-order valence-corrected chi connectivity index (χ3v) is 5.95. The fourth-order valence-corrected chi connectivity index (χ4v) is 4.06. The number of rotatable bonds is 4. The van der Waals surface area contributed by atoms with Gasteiger partial charge < -0.3 is 10.4 Å². The molecule has 0 aromatic heterocycles. The van der Waals surface area contributed by atoms with Gasteiger partial charge in [0.25, 0.3) is 0 Å². The van der Waals surface area contributed by atoms with Crippen molar-refractivity contribution in [2.24, 2.45) is 5.41 Å². The fraction of sp³-hybridized carbons (Fsp3) is 0.818. The first-order chi connectivity index (χ1) is 8.37. The molecule has 1 saturated heterocycles. The Kier molecular flexibility index (Phi) is 3.35. The second-order valence-electron chi connectivity index (χ2n) is 5.15. The Morgan fingerprint density at radius 3 is 2.44 bits per heavy atom. The SMILES string of the molecule is O=C(NCC1(C(=O)O)CC1)C1CCCCS1(=O)=O. The fourth-order valence-electron chi connectivity index (χ4n) is 2.24. The minimum atomic E-state index is -3.35. The van der Waals surface area contributed by atoms with Crippen LogP contribution in [-0.4, -0.2) is 42.9 Å². The van der Waals surface area contributed by atoms with E-state index in [1.807, 2.05) is 0 Å². The van der Waals surface area contributed by atoms with Gasteiger partial charge in [-0.05, 0) is 25.7 Å². The first-order valence-electron chi connectivity index (χ1n) is 6.10. The maximum Gasteiger partial charge on any atom is 0.311 e. The van der Waals surface area contributed by atoms with Crippen LogP contribution < -0.4 is 5.32 Å². The maximum absolute atomic E-state index is 11.8. The molecule has 6 nitrogen and oxygen atoms in total. The molecule has 1 unspecified atom stereocenters. The lowest BCUT2D eigenvalue weighted by Crippen LogP contribution is -2.45. The zero-order valence-electron chi connectivity index (χ0n) is 10.0. The Hall–Kier alpha value is -1.11. The third-order valence-electron chi connectivity index (χ3n) is 3.78. The highest BCUT2D eigenvalue weighted by molar-refractivity contribution is 7.92. The van der Waals surface area contributed by atoms with Crippen molar-refractivity contribution < 1.29 is 23.1 Å². The van der Waals surface area contributed by atoms with Gasteiger partial charge >= 0.3 is 5.97 Å². The summed E-state index contributed by atoms with van der Waals surface area (Å²) >= 11 is 0. The Morgan fingerprint density at radius 2 is 1.94 bits per heavy atom. The quantitative estimate of drug-likeness (QED) is 0.748. The zero-order chi connectivity index (χ0) is 13.4. The van der Waals surface area contributed by atoms with Gasteiger partial charge in [-0.3, -0.25) is 9.59 Å². The van der Waals surface area contributed by atoms with E-state index < -0.39 is 32.4 Å². The molecule has 1 amide bonds. The highest BCUT2D eigenvalue weighted by Crippen LogP contribution is 2.45. The number of carbonyl (C=O) groups is 2. The number of carbonyl (C=O) groups excluding carboxylic acids is 1. The minimum absolute atomic E-state index is 0.0349. The first kappa shape index (κ1) is 13.3. The molecule has 2 aliphatic rings. The summed E-state index contributed by atoms with van der Waals surface area (Å²) < 4.78 is 23.4. The van der Waals surface area contributed by atoms with E-state index in [1.165, 1.54) is 0 Å². The standard InChI is InChI=1S/C11H17NO5S/c13-9(8-3-1-2-6-18(8,16)17)12-7-11(4-5-11)10(14)15/h8H,1-7H2,(H,12,13)(H,14,15). The lowest BCUT2D eigenvalue weighted by atomic mass is 10.1. The molecule has 0 aromatic rings. The van der Waals surface area contributed by atoms with Crippen molar-refractivity contribution in [1.29, 1.82) is 0 Å². The van der Waals surface area contributed by atoms with Crippen LogP contribution in [0.15, 0.2) is 0 Å². The van der Waals surface area contributed by atoms with Crippen LogP contribution in [0, 0.1) is 5.41 Å². The highest BCUT2D eigenvalue weighted by atomic mass is 32.2. The molecular formula is C11H17NO5S. The smallest absolute Gasteiger partial charge is 0.311 e. The van der Waals surface area contributed by atoms with Gasteiger partial charge in [-0.25, -0.2) is 8.42 Å². The van der Waals surface area contributed by atoms with Crippen molar-refractivity contribution in [3.05, 3.63) is 0 Å². The number of hydrogen-bond acceptors (Lipinski definition) is 4. The van der Waals surface area contributed by atoms with Gasteiger partial charge in [0.2, 0.25) is 5.91 Å². The van der Waals surface area contributed by atoms with Crippen molar-refractivity contribution in [3.8, 4) is 0 Å². The molecule has 0 aromatic carbocycles. The lowest BCUT2D eigenvalue weighted by molar-refractivity contribution is -0.143. The molecule has 18 heavy (non-hydrogen) atoms. The topological polar surface area (TPSA) is 101 Å². The van der Waals surface area contributed by atoms with Crippen LogP contribution in [0.25, 0.3) is 0 Å². The Morgan fingerprint density at radius 1 is 1.28 bits per heavy atom. The van der Waals surface area contributed by atoms with Gasteiger partial charge in [-0.2, -0.15) is 0 Å². The molecule has 1 aliphatic heterocycles. The number of carboxylic acids is 1. The van der Waals surface area contributed by atoms with Gasteiger partial charge in [-0.15, -0.1) is 0 Å². The van der Waals surface area contributed by atoms with E-state index >= 15 is 0 Å². The summed E-state index contributed by atoms with van der Waals surface area (Å²) in [5.41, 5.74) is -0.853. The predicted molar refractivity (Wildman–Crippen MR) is 63.7 cm³/mol. The number of carboxylic acid groups (broad SMARTS) is 1. The molecule has 1 saturated carbocycles. The summed E-state index contributed by atoms with van der Waals surface area (Å²) in [6, 6.07) is 0. The molecule has 1 aliphatic carbocycles. The van der Waals surface area contributed by atoms with Crippen molar-refractivity contribution in [2.45, 2.75) is 37.4 Å². The Labute approximate surface area is 106 Å². The summed E-state index contributed by atoms with van der Waals surface area (Å²) in [5, 5.41) is 10.5. The van der Waals surface area contributed by atoms with Crippen molar-refractivity contribution in [1.82, 2.24) is 5.32 Å². The molecular weight excluding hydrogens is 258 g/mol. The molecule has 2 rings (SSSR count). The van der Waals surface area contributed by atoms with Crippen LogP contribution in [0.5, 0.6) is 0 Å². The second kappa shape index (κ2) is 4.53. The van der Waals surface area contributed by atoms with E-state index in [9.17, 15) is 18.0 Å². The van der Waals surface area contributed by atoms with Crippen molar-refractivity contribution in [3.63, 3.8) is 0 Å². The van der Waals surface area contributed by atoms with E-state index in [0.29, 0.717) is 25.7 Å². The molecule has 102 valence electrons. The second-order valence-corrected chi connectivity index (χ2v) is 7.46. The van der Waals surface area contributed by atoms with E-state index in [4.69, 9.17) is 5.11 Å². The number of nitrogens with one attached hydrogen (secondary N) is 1. The molecule has 0 spiro atoms. The van der Waals surface area contributed by atoms with Gasteiger partial charge in [0, 0.05) is 6.54 Å². The summed E-state index contributed by atoms with van der Waals surface area (Å²) in [6.45, 7) is 0.0349. The summed E-state index contributed by atoms with van der Waals surface area (Å²) in [6.07, 6.45) is 2.75. The molecule has 2 fully saturated rings. The number of aliphatic carboxylic acids is 1. The van der Waals surface area contributed by atoms with E-state index in [1.54, 1.807) is 0 Å². The van der Waals surface area contributed by atoms with Crippen molar-refractivity contribution >= 4 is 21.7 Å². The van der Waals surface area contributed by atoms with Gasteiger partial charge in [0.15, 0.2) is 9.84 Å². The molecule has 7 heteroatoms. The average molecular weight is 275 g/mol. The zero-order valence-corrected chi connectivity index (χ0v) is 10.8. The lowest BCUT2D eigenvalue weighted by Gasteiger charge is -2.22. The van der Waals surface area contributed by atoms with Gasteiger partial charge in [-0.1, -0.05) is 6.42 Å². The summed E-state index contributed by atoms with van der Waals surface area (Å²) in [7, 11) is -3.35. The normalized spacial score (nSPS) is 28.3. The summed E-state index contributed by atoms with van der Waals surface area (Å²) in [5.74, 6) is -1.41. The average Bonchev–Trinajstić information content (AvgIpc) is 3.06.